The number of hydrogen-bond donors (Lipinski definition) is 2. The van der Waals surface area contributed by atoms with Crippen LogP contribution in [0.4, 0.5) is 4.39 Å². The van der Waals surface area contributed by atoms with Gasteiger partial charge in [0.1, 0.15) is 0 Å². The van der Waals surface area contributed by atoms with Gasteiger partial charge in [-0.05, 0) is 18.9 Å². The third-order valence-electron chi connectivity index (χ3n) is 0.974. The van der Waals surface area contributed by atoms with Gasteiger partial charge in [0.25, 0.3) is 0 Å². The predicted molar refractivity (Wildman–Crippen MR) is 36.5 cm³/mol. The summed E-state index contributed by atoms with van der Waals surface area (Å²) in [5.74, 6) is 0. The zero-order valence-electron chi connectivity index (χ0n) is 5.60. The molecule has 0 heterocycles. The number of halogens is 1. The minimum absolute atomic E-state index is 0.0562. The Labute approximate surface area is 54.7 Å². The largest absolute Gasteiger partial charge is 0.328 e. The number of hydrogen-bond acceptors (Lipinski definition) is 2. The van der Waals surface area contributed by atoms with Crippen LogP contribution >= 0.6 is 0 Å². The van der Waals surface area contributed by atoms with Gasteiger partial charge in [-0.25, -0.2) is 4.39 Å². The van der Waals surface area contributed by atoms with Gasteiger partial charge >= 0.3 is 0 Å². The van der Waals surface area contributed by atoms with Crippen molar-refractivity contribution >= 4 is 0 Å². The van der Waals surface area contributed by atoms with Crippen LogP contribution in [0.2, 0.25) is 0 Å². The molecule has 3 heteroatoms. The van der Waals surface area contributed by atoms with Crippen LogP contribution in [0.3, 0.4) is 0 Å². The van der Waals surface area contributed by atoms with Crippen molar-refractivity contribution in [3.05, 3.63) is 12.2 Å². The van der Waals surface area contributed by atoms with Gasteiger partial charge in [-0.2, -0.15) is 0 Å². The maximum absolute atomic E-state index is 12.1. The Morgan fingerprint density at radius 1 is 1.67 bits per heavy atom. The van der Waals surface area contributed by atoms with Crippen molar-refractivity contribution < 1.29 is 4.39 Å². The van der Waals surface area contributed by atoms with E-state index in [1.165, 1.54) is 0 Å². The summed E-state index contributed by atoms with van der Waals surface area (Å²) in [6, 6.07) is -0.0562. The first-order chi connectivity index (χ1) is 4.04. The molecule has 0 rings (SSSR count). The van der Waals surface area contributed by atoms with Crippen molar-refractivity contribution in [2.24, 2.45) is 11.5 Å². The Morgan fingerprint density at radius 3 is 2.22 bits per heavy atom. The Balaban J connectivity index is 3.51. The van der Waals surface area contributed by atoms with E-state index in [4.69, 9.17) is 11.5 Å². The third-order valence-corrected chi connectivity index (χ3v) is 0.974. The topological polar surface area (TPSA) is 52.0 Å². The van der Waals surface area contributed by atoms with E-state index in [0.29, 0.717) is 12.0 Å². The summed E-state index contributed by atoms with van der Waals surface area (Å²) in [4.78, 5) is 0. The average molecular weight is 132 g/mol. The monoisotopic (exact) mass is 132 g/mol. The van der Waals surface area contributed by atoms with E-state index in [9.17, 15) is 4.39 Å². The quantitative estimate of drug-likeness (QED) is 0.435. The highest BCUT2D eigenvalue weighted by Gasteiger charge is 2.05. The summed E-state index contributed by atoms with van der Waals surface area (Å²) in [5, 5.41) is 0. The average Bonchev–Trinajstić information content (AvgIpc) is 1.63. The summed E-state index contributed by atoms with van der Waals surface area (Å²) in [5.41, 5.74) is 10.6. The lowest BCUT2D eigenvalue weighted by Gasteiger charge is -2.08. The molecule has 2 nitrogen and oxygen atoms in total. The minimum Gasteiger partial charge on any atom is -0.328 e. The zero-order valence-corrected chi connectivity index (χ0v) is 5.60. The molecule has 0 fully saturated rings. The molecule has 0 radical (unpaired) electrons. The summed E-state index contributed by atoms with van der Waals surface area (Å²) in [6.07, 6.45) is -0.964. The molecule has 4 N–H and O–H groups in total. The van der Waals surface area contributed by atoms with Gasteiger partial charge in [-0.3, -0.25) is 5.73 Å². The molecule has 0 spiro atoms. The predicted octanol–water partition coefficient (Wildman–Crippen LogP) is 0.534. The van der Waals surface area contributed by atoms with Crippen LogP contribution < -0.4 is 11.5 Å². The molecule has 54 valence electrons. The maximum atomic E-state index is 12.1. The summed E-state index contributed by atoms with van der Waals surface area (Å²) < 4.78 is 12.1. The molecule has 0 amide bonds. The van der Waals surface area contributed by atoms with Crippen LogP contribution in [0.15, 0.2) is 12.2 Å². The van der Waals surface area contributed by atoms with Crippen molar-refractivity contribution in [3.8, 4) is 0 Å². The molecule has 0 saturated carbocycles. The van der Waals surface area contributed by atoms with Gasteiger partial charge in [-0.1, -0.05) is 6.58 Å². The van der Waals surface area contributed by atoms with E-state index in [-0.39, 0.29) is 6.04 Å². The standard InChI is InChI=1S/C6H13FN2/c1-4(6(7)9)3-5(2)8/h5-6H,1,3,8-9H2,2H3. The second kappa shape index (κ2) is 3.58. The van der Waals surface area contributed by atoms with Crippen LogP contribution in [0, 0.1) is 0 Å². The lowest BCUT2D eigenvalue weighted by molar-refractivity contribution is 0.381. The van der Waals surface area contributed by atoms with Crippen molar-refractivity contribution in [1.29, 1.82) is 0 Å². The van der Waals surface area contributed by atoms with Crippen LogP contribution in [-0.2, 0) is 0 Å². The summed E-state index contributed by atoms with van der Waals surface area (Å²) in [6.45, 7) is 5.20. The summed E-state index contributed by atoms with van der Waals surface area (Å²) in [7, 11) is 0. The Bertz CT molecular complexity index is 99.2. The normalized spacial score (nSPS) is 16.9. The van der Waals surface area contributed by atoms with Gasteiger partial charge in [0.15, 0.2) is 6.30 Å². The highest BCUT2D eigenvalue weighted by Crippen LogP contribution is 2.04. The fourth-order valence-corrected chi connectivity index (χ4v) is 0.526. The van der Waals surface area contributed by atoms with Crippen LogP contribution in [0.25, 0.3) is 0 Å². The van der Waals surface area contributed by atoms with Gasteiger partial charge in [-0.15, -0.1) is 0 Å². The molecule has 0 aliphatic carbocycles. The Kier molecular flexibility index (Phi) is 3.42. The van der Waals surface area contributed by atoms with Gasteiger partial charge in [0, 0.05) is 6.04 Å². The molecule has 0 aromatic carbocycles. The molecule has 9 heavy (non-hydrogen) atoms. The highest BCUT2D eigenvalue weighted by molar-refractivity contribution is 5.00. The van der Waals surface area contributed by atoms with E-state index in [2.05, 4.69) is 6.58 Å². The first-order valence-electron chi connectivity index (χ1n) is 2.87. The molecular weight excluding hydrogens is 119 g/mol. The molecule has 0 aliphatic rings. The van der Waals surface area contributed by atoms with E-state index in [0.717, 1.165) is 0 Å². The Morgan fingerprint density at radius 2 is 2.11 bits per heavy atom. The van der Waals surface area contributed by atoms with E-state index < -0.39 is 6.30 Å². The van der Waals surface area contributed by atoms with Gasteiger partial charge in [0.05, 0.1) is 0 Å². The van der Waals surface area contributed by atoms with Crippen LogP contribution in [0.1, 0.15) is 13.3 Å². The highest BCUT2D eigenvalue weighted by atomic mass is 19.1. The van der Waals surface area contributed by atoms with Crippen molar-refractivity contribution in [2.45, 2.75) is 25.7 Å². The fraction of sp³-hybridized carbons (Fsp3) is 0.667. The molecule has 0 aromatic heterocycles. The number of alkyl halides is 1. The third kappa shape index (κ3) is 4.12. The van der Waals surface area contributed by atoms with E-state index in [1.54, 1.807) is 6.92 Å². The van der Waals surface area contributed by atoms with Gasteiger partial charge < -0.3 is 5.73 Å². The lowest BCUT2D eigenvalue weighted by Crippen LogP contribution is -2.22. The van der Waals surface area contributed by atoms with Gasteiger partial charge in [0.2, 0.25) is 0 Å². The summed E-state index contributed by atoms with van der Waals surface area (Å²) >= 11 is 0. The fourth-order valence-electron chi connectivity index (χ4n) is 0.526. The molecule has 2 unspecified atom stereocenters. The smallest absolute Gasteiger partial charge is 0.170 e. The molecule has 0 aromatic rings. The first kappa shape index (κ1) is 8.59. The van der Waals surface area contributed by atoms with E-state index >= 15 is 0 Å². The number of nitrogens with two attached hydrogens (primary N) is 2. The lowest BCUT2D eigenvalue weighted by atomic mass is 10.1. The number of rotatable bonds is 3. The maximum Gasteiger partial charge on any atom is 0.170 e. The Hall–Kier alpha value is -0.410. The zero-order chi connectivity index (χ0) is 7.44. The second-order valence-corrected chi connectivity index (χ2v) is 2.24. The minimum atomic E-state index is -1.42. The molecule has 0 aliphatic heterocycles. The molecule has 2 atom stereocenters. The van der Waals surface area contributed by atoms with E-state index in [1.807, 2.05) is 0 Å². The molecular formula is C6H13FN2. The van der Waals surface area contributed by atoms with Crippen LogP contribution in [-0.4, -0.2) is 12.3 Å². The van der Waals surface area contributed by atoms with Crippen molar-refractivity contribution in [1.82, 2.24) is 0 Å². The van der Waals surface area contributed by atoms with Crippen molar-refractivity contribution in [2.75, 3.05) is 0 Å². The first-order valence-corrected chi connectivity index (χ1v) is 2.87. The molecule has 0 bridgehead atoms. The molecule has 0 saturated heterocycles. The SMILES string of the molecule is C=C(CC(C)N)C(N)F. The van der Waals surface area contributed by atoms with Crippen molar-refractivity contribution in [3.63, 3.8) is 0 Å². The van der Waals surface area contributed by atoms with Crippen LogP contribution in [0.5, 0.6) is 0 Å². The second-order valence-electron chi connectivity index (χ2n) is 2.24.